The number of hydrogen-bond acceptors (Lipinski definition) is 4. The molecule has 0 aromatic heterocycles. The van der Waals surface area contributed by atoms with Crippen LogP contribution in [0.25, 0.3) is 0 Å². The summed E-state index contributed by atoms with van der Waals surface area (Å²) in [6, 6.07) is 0. The average molecular weight is 415 g/mol. The largest absolute Gasteiger partial charge is 0.477 e. The molecular weight excluding hydrogens is 375 g/mol. The quantitative estimate of drug-likeness (QED) is 0.389. The summed E-state index contributed by atoms with van der Waals surface area (Å²) in [5, 5.41) is 18.7. The van der Waals surface area contributed by atoms with Gasteiger partial charge in [-0.2, -0.15) is 4.39 Å². The number of methoxy groups -OCH3 is 1. The lowest BCUT2D eigenvalue weighted by Crippen LogP contribution is -2.47. The van der Waals surface area contributed by atoms with Crippen LogP contribution < -0.4 is 0 Å². The molecule has 2 N–H and O–H groups in total. The molecule has 0 bridgehead atoms. The van der Waals surface area contributed by atoms with Crippen LogP contribution in [-0.2, 0) is 14.3 Å². The number of unbranched alkanes of at least 4 members (excludes halogenated alkanes) is 3. The molecule has 0 aromatic rings. The van der Waals surface area contributed by atoms with Crippen LogP contribution in [0.15, 0.2) is 0 Å². The van der Waals surface area contributed by atoms with Crippen molar-refractivity contribution in [3.8, 4) is 0 Å². The number of aliphatic hydroxyl groups excluding tert-OH is 1. The molecule has 4 atom stereocenters. The van der Waals surface area contributed by atoms with E-state index in [-0.39, 0.29) is 12.3 Å². The van der Waals surface area contributed by atoms with E-state index in [9.17, 15) is 19.1 Å². The molecule has 0 radical (unpaired) electrons. The van der Waals surface area contributed by atoms with Crippen LogP contribution in [0.3, 0.4) is 0 Å². The number of ketones is 1. The van der Waals surface area contributed by atoms with Crippen molar-refractivity contribution in [2.75, 3.05) is 7.11 Å². The second-order valence-corrected chi connectivity index (χ2v) is 9.11. The van der Waals surface area contributed by atoms with Crippen molar-refractivity contribution in [2.45, 2.75) is 108 Å². The fraction of sp³-hybridized carbons (Fsp3) is 0.913. The minimum atomic E-state index is -3.07. The van der Waals surface area contributed by atoms with Gasteiger partial charge in [0.05, 0.1) is 0 Å². The lowest BCUT2D eigenvalue weighted by molar-refractivity contribution is -0.216. The number of halogens is 1. The van der Waals surface area contributed by atoms with Gasteiger partial charge in [0.15, 0.2) is 0 Å². The van der Waals surface area contributed by atoms with Gasteiger partial charge in [-0.05, 0) is 37.5 Å². The van der Waals surface area contributed by atoms with Crippen LogP contribution in [0.4, 0.5) is 4.39 Å². The van der Waals surface area contributed by atoms with E-state index in [1.807, 2.05) is 0 Å². The van der Waals surface area contributed by atoms with Crippen molar-refractivity contribution in [3.05, 3.63) is 0 Å². The van der Waals surface area contributed by atoms with Gasteiger partial charge in [0.1, 0.15) is 11.9 Å². The minimum Gasteiger partial charge on any atom is -0.477 e. The highest BCUT2D eigenvalue weighted by Gasteiger charge is 2.46. The van der Waals surface area contributed by atoms with Crippen molar-refractivity contribution in [1.82, 2.24) is 0 Å². The Morgan fingerprint density at radius 1 is 1.10 bits per heavy atom. The second-order valence-electron chi connectivity index (χ2n) is 9.11. The van der Waals surface area contributed by atoms with Gasteiger partial charge in [-0.25, -0.2) is 4.79 Å². The zero-order valence-electron chi connectivity index (χ0n) is 17.9. The molecule has 168 valence electrons. The number of rotatable bonds is 14. The Hall–Kier alpha value is -1.01. The van der Waals surface area contributed by atoms with Crippen LogP contribution in [0.5, 0.6) is 0 Å². The van der Waals surface area contributed by atoms with Crippen molar-refractivity contribution in [2.24, 2.45) is 17.8 Å². The molecule has 2 aliphatic carbocycles. The zero-order chi connectivity index (χ0) is 21.3. The van der Waals surface area contributed by atoms with E-state index in [2.05, 4.69) is 4.74 Å². The third-order valence-corrected chi connectivity index (χ3v) is 7.17. The van der Waals surface area contributed by atoms with E-state index in [0.717, 1.165) is 32.3 Å². The molecule has 5 nitrogen and oxygen atoms in total. The Morgan fingerprint density at radius 2 is 1.76 bits per heavy atom. The summed E-state index contributed by atoms with van der Waals surface area (Å²) in [4.78, 5) is 23.2. The molecule has 2 saturated carbocycles. The smallest absolute Gasteiger partial charge is 0.372 e. The van der Waals surface area contributed by atoms with E-state index in [1.54, 1.807) is 0 Å². The number of carboxylic acids is 1. The summed E-state index contributed by atoms with van der Waals surface area (Å²) in [7, 11) is 0.937. The number of alkyl halides is 1. The Morgan fingerprint density at radius 3 is 2.41 bits per heavy atom. The Kier molecular flexibility index (Phi) is 10.0. The highest BCUT2D eigenvalue weighted by Crippen LogP contribution is 2.37. The average Bonchev–Trinajstić information content (AvgIpc) is 3.34. The number of ether oxygens (including phenoxy) is 1. The highest BCUT2D eigenvalue weighted by atomic mass is 19.2. The summed E-state index contributed by atoms with van der Waals surface area (Å²) >= 11 is 0. The monoisotopic (exact) mass is 414 g/mol. The maximum atomic E-state index is 14.1. The Labute approximate surface area is 174 Å². The molecule has 2 rings (SSSR count). The summed E-state index contributed by atoms with van der Waals surface area (Å²) in [6.45, 7) is 0. The van der Waals surface area contributed by atoms with Gasteiger partial charge < -0.3 is 14.9 Å². The van der Waals surface area contributed by atoms with Gasteiger partial charge >= 0.3 is 11.8 Å². The molecule has 0 amide bonds. The molecule has 2 aliphatic rings. The summed E-state index contributed by atoms with van der Waals surface area (Å²) < 4.78 is 18.4. The summed E-state index contributed by atoms with van der Waals surface area (Å²) in [6.07, 6.45) is 13.7. The van der Waals surface area contributed by atoms with Gasteiger partial charge in [-0.15, -0.1) is 0 Å². The predicted octanol–water partition coefficient (Wildman–Crippen LogP) is 5.04. The first-order valence-electron chi connectivity index (χ1n) is 11.6. The first kappa shape index (κ1) is 24.3. The molecule has 6 heteroatoms. The van der Waals surface area contributed by atoms with Gasteiger partial charge in [0.25, 0.3) is 0 Å². The second kappa shape index (κ2) is 12.0. The number of hydrogen-bond donors (Lipinski definition) is 2. The third kappa shape index (κ3) is 7.02. The van der Waals surface area contributed by atoms with Crippen molar-refractivity contribution >= 4 is 11.8 Å². The topological polar surface area (TPSA) is 83.8 Å². The van der Waals surface area contributed by atoms with E-state index in [4.69, 9.17) is 5.11 Å². The maximum absolute atomic E-state index is 14.1. The van der Waals surface area contributed by atoms with Crippen LogP contribution in [-0.4, -0.2) is 41.0 Å². The van der Waals surface area contributed by atoms with Crippen molar-refractivity contribution in [3.63, 3.8) is 0 Å². The van der Waals surface area contributed by atoms with E-state index < -0.39 is 17.9 Å². The van der Waals surface area contributed by atoms with Gasteiger partial charge in [0, 0.05) is 19.4 Å². The van der Waals surface area contributed by atoms with Crippen LogP contribution in [0.2, 0.25) is 0 Å². The first-order valence-corrected chi connectivity index (χ1v) is 11.6. The fourth-order valence-corrected chi connectivity index (χ4v) is 5.29. The molecular formula is C23H39FO5. The molecule has 0 aliphatic heterocycles. The van der Waals surface area contributed by atoms with Crippen LogP contribution in [0, 0.1) is 17.8 Å². The van der Waals surface area contributed by atoms with Crippen molar-refractivity contribution in [1.29, 1.82) is 0 Å². The molecule has 0 spiro atoms. The Balaban J connectivity index is 1.63. The molecule has 2 fully saturated rings. The number of aliphatic hydroxyl groups is 1. The zero-order valence-corrected chi connectivity index (χ0v) is 17.9. The number of carboxylic acid groups (broad SMARTS) is 1. The standard InChI is InChI=1S/C23H39FO5/c1-29-23(24,22(27)28)21(26)14-8-7-13-19-18(15-16-20(19)25)12-4-2-3-9-17-10-5-6-11-17/h17-19,21,26H,2-16H2,1H3,(H,27,28)/t18-,19+,21?,23?/m0/s1. The highest BCUT2D eigenvalue weighted by molar-refractivity contribution is 5.83. The van der Waals surface area contributed by atoms with E-state index in [1.165, 1.54) is 51.4 Å². The van der Waals surface area contributed by atoms with E-state index >= 15 is 0 Å². The molecule has 0 heterocycles. The third-order valence-electron chi connectivity index (χ3n) is 7.17. The number of carbonyl (C=O) groups is 2. The fourth-order valence-electron chi connectivity index (χ4n) is 5.29. The minimum absolute atomic E-state index is 0.00336. The molecule has 0 saturated heterocycles. The summed E-state index contributed by atoms with van der Waals surface area (Å²) in [5.41, 5.74) is 0. The maximum Gasteiger partial charge on any atom is 0.372 e. The SMILES string of the molecule is COC(F)(C(=O)O)C(O)CCCC[C@H]1C(=O)CC[C@@H]1CCCCCC1CCCC1. The number of Topliss-reactive ketones (excluding diaryl/α,β-unsaturated/α-hetero) is 1. The lowest BCUT2D eigenvalue weighted by atomic mass is 9.86. The molecule has 2 unspecified atom stereocenters. The van der Waals surface area contributed by atoms with E-state index in [0.29, 0.717) is 31.0 Å². The number of aliphatic carboxylic acids is 1. The normalized spacial score (nSPS) is 26.0. The van der Waals surface area contributed by atoms with Crippen LogP contribution in [0.1, 0.15) is 96.3 Å². The van der Waals surface area contributed by atoms with Gasteiger partial charge in [-0.1, -0.05) is 64.2 Å². The number of carbonyl (C=O) groups excluding carboxylic acids is 1. The van der Waals surface area contributed by atoms with Gasteiger partial charge in [-0.3, -0.25) is 4.79 Å². The van der Waals surface area contributed by atoms with Gasteiger partial charge in [0.2, 0.25) is 0 Å². The van der Waals surface area contributed by atoms with Crippen LogP contribution >= 0.6 is 0 Å². The Bertz CT molecular complexity index is 519. The lowest BCUT2D eigenvalue weighted by Gasteiger charge is -2.24. The summed E-state index contributed by atoms with van der Waals surface area (Å²) in [5.74, 6) is -3.05. The molecule has 0 aromatic carbocycles. The molecule has 29 heavy (non-hydrogen) atoms. The first-order chi connectivity index (χ1) is 13.9. The predicted molar refractivity (Wildman–Crippen MR) is 109 cm³/mol. The van der Waals surface area contributed by atoms with Crippen molar-refractivity contribution < 1.29 is 28.9 Å².